The highest BCUT2D eigenvalue weighted by Crippen LogP contribution is 2.29. The molecule has 27 heavy (non-hydrogen) atoms. The lowest BCUT2D eigenvalue weighted by molar-refractivity contribution is -0.130. The largest absolute Gasteiger partial charge is 0.449 e. The number of sulfone groups is 1. The van der Waals surface area contributed by atoms with Gasteiger partial charge in [-0.05, 0) is 49.8 Å². The number of ether oxygens (including phenoxy) is 1. The molecule has 4 atom stereocenters. The molecule has 7 heteroatoms. The molecule has 1 aliphatic carbocycles. The van der Waals surface area contributed by atoms with Crippen LogP contribution in [-0.4, -0.2) is 38.7 Å². The van der Waals surface area contributed by atoms with Crippen LogP contribution in [0.1, 0.15) is 56.0 Å². The predicted molar refractivity (Wildman–Crippen MR) is 103 cm³/mol. The van der Waals surface area contributed by atoms with Crippen molar-refractivity contribution in [1.82, 2.24) is 5.32 Å². The lowest BCUT2D eigenvalue weighted by atomic mass is 9.78. The van der Waals surface area contributed by atoms with Crippen molar-refractivity contribution in [3.63, 3.8) is 0 Å². The molecule has 0 saturated heterocycles. The summed E-state index contributed by atoms with van der Waals surface area (Å²) in [5.74, 6) is -0.112. The zero-order valence-corrected chi connectivity index (χ0v) is 17.4. The van der Waals surface area contributed by atoms with Crippen molar-refractivity contribution in [2.45, 2.75) is 64.0 Å². The Morgan fingerprint density at radius 2 is 1.89 bits per heavy atom. The first-order valence-corrected chi connectivity index (χ1v) is 11.2. The highest BCUT2D eigenvalue weighted by molar-refractivity contribution is 7.90. The third kappa shape index (κ3) is 5.31. The van der Waals surface area contributed by atoms with Crippen molar-refractivity contribution in [2.75, 3.05) is 6.26 Å². The highest BCUT2D eigenvalue weighted by atomic mass is 32.2. The first kappa shape index (κ1) is 21.4. The van der Waals surface area contributed by atoms with Gasteiger partial charge in [0, 0.05) is 12.3 Å². The average Bonchev–Trinajstić information content (AvgIpc) is 2.58. The Balaban J connectivity index is 2.06. The van der Waals surface area contributed by atoms with Crippen LogP contribution in [-0.2, 0) is 19.4 Å². The third-order valence-corrected chi connectivity index (χ3v) is 6.65. The summed E-state index contributed by atoms with van der Waals surface area (Å²) in [7, 11) is -3.44. The van der Waals surface area contributed by atoms with Crippen LogP contribution in [0.25, 0.3) is 0 Å². The summed E-state index contributed by atoms with van der Waals surface area (Å²) in [6.45, 7) is 7.54. The van der Waals surface area contributed by atoms with Crippen LogP contribution < -0.4 is 5.32 Å². The summed E-state index contributed by atoms with van der Waals surface area (Å²) in [6.07, 6.45) is 3.28. The molecule has 1 amide bonds. The predicted octanol–water partition coefficient (Wildman–Crippen LogP) is 2.88. The van der Waals surface area contributed by atoms with E-state index < -0.39 is 21.9 Å². The quantitative estimate of drug-likeness (QED) is 0.774. The molecule has 6 nitrogen and oxygen atoms in total. The van der Waals surface area contributed by atoms with Crippen LogP contribution in [0.4, 0.5) is 0 Å². The van der Waals surface area contributed by atoms with Crippen molar-refractivity contribution >= 4 is 21.7 Å². The van der Waals surface area contributed by atoms with E-state index in [1.807, 2.05) is 0 Å². The average molecular weight is 396 g/mol. The van der Waals surface area contributed by atoms with E-state index in [4.69, 9.17) is 4.74 Å². The van der Waals surface area contributed by atoms with Gasteiger partial charge in [0.05, 0.1) is 10.5 Å². The molecular formula is C20H29NO5S. The standard InChI is InChI=1S/C20H29NO5S/c1-12-7-6-8-18(14(12)3)21-19(22)15(4)26-20(23)17-11-16(27(5,24)25)10-9-13(17)2/h9-12,14-15,18H,6-8H2,1-5H3,(H,21,22)/t12-,14-,15+,18-/m0/s1. The van der Waals surface area contributed by atoms with Gasteiger partial charge in [0.15, 0.2) is 15.9 Å². The van der Waals surface area contributed by atoms with Crippen molar-refractivity contribution in [2.24, 2.45) is 11.8 Å². The normalized spacial score (nSPS) is 24.1. The van der Waals surface area contributed by atoms with Crippen molar-refractivity contribution < 1.29 is 22.7 Å². The number of carbonyl (C=O) groups excluding carboxylic acids is 2. The Bertz CT molecular complexity index is 818. The van der Waals surface area contributed by atoms with E-state index in [9.17, 15) is 18.0 Å². The maximum atomic E-state index is 12.5. The first-order valence-electron chi connectivity index (χ1n) is 9.32. The maximum absolute atomic E-state index is 12.5. The van der Waals surface area contributed by atoms with Crippen molar-refractivity contribution in [1.29, 1.82) is 0 Å². The molecule has 1 aromatic carbocycles. The molecule has 0 heterocycles. The Hall–Kier alpha value is -1.89. The molecular weight excluding hydrogens is 366 g/mol. The number of amides is 1. The van der Waals surface area contributed by atoms with Gasteiger partial charge in [-0.1, -0.05) is 32.8 Å². The van der Waals surface area contributed by atoms with Gasteiger partial charge in [-0.3, -0.25) is 4.79 Å². The summed E-state index contributed by atoms with van der Waals surface area (Å²) in [5.41, 5.74) is 0.743. The van der Waals surface area contributed by atoms with E-state index in [2.05, 4.69) is 19.2 Å². The number of esters is 1. The van der Waals surface area contributed by atoms with Gasteiger partial charge < -0.3 is 10.1 Å². The van der Waals surface area contributed by atoms with Gasteiger partial charge in [-0.25, -0.2) is 13.2 Å². The Labute approximate surface area is 161 Å². The number of hydrogen-bond donors (Lipinski definition) is 1. The van der Waals surface area contributed by atoms with E-state index >= 15 is 0 Å². The van der Waals surface area contributed by atoms with Crippen LogP contribution in [0.2, 0.25) is 0 Å². The van der Waals surface area contributed by atoms with Gasteiger partial charge in [0.2, 0.25) is 0 Å². The molecule has 1 aliphatic rings. The van der Waals surface area contributed by atoms with Gasteiger partial charge in [0.25, 0.3) is 5.91 Å². The number of carbonyl (C=O) groups is 2. The number of nitrogens with one attached hydrogen (secondary N) is 1. The zero-order chi connectivity index (χ0) is 20.4. The lowest BCUT2D eigenvalue weighted by Gasteiger charge is -2.35. The summed E-state index contributed by atoms with van der Waals surface area (Å²) >= 11 is 0. The minimum absolute atomic E-state index is 0.0437. The lowest BCUT2D eigenvalue weighted by Crippen LogP contribution is -2.47. The van der Waals surface area contributed by atoms with E-state index in [0.717, 1.165) is 25.5 Å². The maximum Gasteiger partial charge on any atom is 0.339 e. The molecule has 1 saturated carbocycles. The third-order valence-electron chi connectivity index (χ3n) is 5.54. The van der Waals surface area contributed by atoms with Gasteiger partial charge in [-0.2, -0.15) is 0 Å². The van der Waals surface area contributed by atoms with Crippen LogP contribution >= 0.6 is 0 Å². The summed E-state index contributed by atoms with van der Waals surface area (Å²) in [5, 5.41) is 2.99. The van der Waals surface area contributed by atoms with Crippen LogP contribution in [0, 0.1) is 18.8 Å². The molecule has 0 bridgehead atoms. The SMILES string of the molecule is Cc1ccc(S(C)(=O)=O)cc1C(=O)O[C@H](C)C(=O)N[C@H]1CCC[C@H](C)[C@@H]1C. The van der Waals surface area contributed by atoms with E-state index in [-0.39, 0.29) is 22.4 Å². The molecule has 0 unspecified atom stereocenters. The molecule has 1 fully saturated rings. The fourth-order valence-electron chi connectivity index (χ4n) is 3.42. The van der Waals surface area contributed by atoms with Crippen LogP contribution in [0.5, 0.6) is 0 Å². The fraction of sp³-hybridized carbons (Fsp3) is 0.600. The number of hydrogen-bond acceptors (Lipinski definition) is 5. The molecule has 1 aromatic rings. The van der Waals surface area contributed by atoms with Crippen molar-refractivity contribution in [3.8, 4) is 0 Å². The Kier molecular flexibility index (Phi) is 6.68. The minimum Gasteiger partial charge on any atom is -0.449 e. The molecule has 2 rings (SSSR count). The summed E-state index contributed by atoms with van der Waals surface area (Å²) < 4.78 is 28.7. The fourth-order valence-corrected chi connectivity index (χ4v) is 4.06. The Morgan fingerprint density at radius 1 is 1.22 bits per heavy atom. The zero-order valence-electron chi connectivity index (χ0n) is 16.6. The minimum atomic E-state index is -3.44. The molecule has 0 radical (unpaired) electrons. The molecule has 0 aromatic heterocycles. The smallest absolute Gasteiger partial charge is 0.339 e. The monoisotopic (exact) mass is 395 g/mol. The second-order valence-electron chi connectivity index (χ2n) is 7.68. The molecule has 0 aliphatic heterocycles. The molecule has 1 N–H and O–H groups in total. The van der Waals surface area contributed by atoms with E-state index in [1.165, 1.54) is 19.1 Å². The molecule has 0 spiro atoms. The number of aryl methyl sites for hydroxylation is 1. The van der Waals surface area contributed by atoms with Gasteiger partial charge >= 0.3 is 5.97 Å². The van der Waals surface area contributed by atoms with Gasteiger partial charge in [-0.15, -0.1) is 0 Å². The highest BCUT2D eigenvalue weighted by Gasteiger charge is 2.30. The second-order valence-corrected chi connectivity index (χ2v) is 9.69. The van der Waals surface area contributed by atoms with Crippen LogP contribution in [0.15, 0.2) is 23.1 Å². The van der Waals surface area contributed by atoms with Crippen molar-refractivity contribution in [3.05, 3.63) is 29.3 Å². The van der Waals surface area contributed by atoms with E-state index in [0.29, 0.717) is 17.4 Å². The summed E-state index contributed by atoms with van der Waals surface area (Å²) in [6, 6.07) is 4.38. The summed E-state index contributed by atoms with van der Waals surface area (Å²) in [4.78, 5) is 25.0. The second kappa shape index (κ2) is 8.42. The van der Waals surface area contributed by atoms with E-state index in [1.54, 1.807) is 13.0 Å². The Morgan fingerprint density at radius 3 is 2.52 bits per heavy atom. The number of rotatable bonds is 5. The topological polar surface area (TPSA) is 89.5 Å². The van der Waals surface area contributed by atoms with Gasteiger partial charge in [0.1, 0.15) is 0 Å². The van der Waals surface area contributed by atoms with Crippen LogP contribution in [0.3, 0.4) is 0 Å². The first-order chi connectivity index (χ1) is 12.5. The molecule has 150 valence electrons. The number of benzene rings is 1.